The molecular formula is C50H33N5. The summed E-state index contributed by atoms with van der Waals surface area (Å²) in [5, 5.41) is 2.34. The minimum Gasteiger partial charge on any atom is -0.309 e. The number of hydrogen-bond donors (Lipinski definition) is 0. The summed E-state index contributed by atoms with van der Waals surface area (Å²) in [5.74, 6) is 1.84. The molecule has 10 aromatic rings. The van der Waals surface area contributed by atoms with Gasteiger partial charge >= 0.3 is 0 Å². The van der Waals surface area contributed by atoms with Crippen LogP contribution in [0.5, 0.6) is 0 Å². The predicted molar refractivity (Wildman–Crippen MR) is 225 cm³/mol. The molecule has 0 saturated carbocycles. The predicted octanol–water partition coefficient (Wildman–Crippen LogP) is 12.4. The smallest absolute Gasteiger partial charge is 0.164 e. The molecule has 3 aromatic heterocycles. The highest BCUT2D eigenvalue weighted by atomic mass is 15.0. The topological polar surface area (TPSA) is 56.5 Å². The van der Waals surface area contributed by atoms with Gasteiger partial charge in [-0.05, 0) is 70.8 Å². The van der Waals surface area contributed by atoms with Gasteiger partial charge in [-0.3, -0.25) is 4.98 Å². The van der Waals surface area contributed by atoms with Crippen LogP contribution in [0.3, 0.4) is 0 Å². The molecule has 0 spiro atoms. The van der Waals surface area contributed by atoms with Crippen molar-refractivity contribution in [2.45, 2.75) is 0 Å². The number of hydrogen-bond acceptors (Lipinski definition) is 4. The van der Waals surface area contributed by atoms with Gasteiger partial charge in [-0.1, -0.05) is 146 Å². The Morgan fingerprint density at radius 1 is 0.327 bits per heavy atom. The quantitative estimate of drug-likeness (QED) is 0.166. The minimum absolute atomic E-state index is 0.597. The van der Waals surface area contributed by atoms with Crippen LogP contribution in [-0.4, -0.2) is 24.5 Å². The van der Waals surface area contributed by atoms with Crippen molar-refractivity contribution in [2.24, 2.45) is 0 Å². The molecule has 0 aliphatic carbocycles. The first-order chi connectivity index (χ1) is 27.3. The van der Waals surface area contributed by atoms with E-state index >= 15 is 0 Å². The van der Waals surface area contributed by atoms with Crippen LogP contribution in [0.1, 0.15) is 0 Å². The van der Waals surface area contributed by atoms with E-state index in [4.69, 9.17) is 19.9 Å². The Labute approximate surface area is 318 Å². The summed E-state index contributed by atoms with van der Waals surface area (Å²) in [6.45, 7) is 0. The van der Waals surface area contributed by atoms with Gasteiger partial charge in [0.1, 0.15) is 0 Å². The Bertz CT molecular complexity index is 2790. The maximum absolute atomic E-state index is 5.09. The minimum atomic E-state index is 0.597. The summed E-state index contributed by atoms with van der Waals surface area (Å²) in [6.07, 6.45) is 1.85. The molecule has 5 heteroatoms. The first-order valence-corrected chi connectivity index (χ1v) is 18.4. The monoisotopic (exact) mass is 703 g/mol. The molecule has 258 valence electrons. The maximum atomic E-state index is 5.09. The summed E-state index contributed by atoms with van der Waals surface area (Å²) >= 11 is 0. The Hall–Kier alpha value is -7.50. The Balaban J connectivity index is 1.25. The van der Waals surface area contributed by atoms with Gasteiger partial charge in [0, 0.05) is 39.2 Å². The van der Waals surface area contributed by atoms with Gasteiger partial charge < -0.3 is 4.57 Å². The molecule has 0 aliphatic rings. The Morgan fingerprint density at radius 2 is 0.764 bits per heavy atom. The molecule has 3 heterocycles. The molecular weight excluding hydrogens is 671 g/mol. The summed E-state index contributed by atoms with van der Waals surface area (Å²) in [6, 6.07) is 67.5. The molecule has 0 amide bonds. The number of benzene rings is 7. The van der Waals surface area contributed by atoms with Crippen LogP contribution in [0.4, 0.5) is 0 Å². The summed E-state index contributed by atoms with van der Waals surface area (Å²) in [4.78, 5) is 20.0. The molecule has 0 atom stereocenters. The van der Waals surface area contributed by atoms with E-state index < -0.39 is 0 Å². The van der Waals surface area contributed by atoms with Gasteiger partial charge in [-0.2, -0.15) is 0 Å². The van der Waals surface area contributed by atoms with E-state index in [1.165, 1.54) is 33.0 Å². The largest absolute Gasteiger partial charge is 0.309 e. The lowest BCUT2D eigenvalue weighted by molar-refractivity contribution is 1.07. The van der Waals surface area contributed by atoms with E-state index in [0.29, 0.717) is 17.5 Å². The fourth-order valence-electron chi connectivity index (χ4n) is 7.44. The molecule has 0 radical (unpaired) electrons. The van der Waals surface area contributed by atoms with Crippen LogP contribution >= 0.6 is 0 Å². The van der Waals surface area contributed by atoms with E-state index in [0.717, 1.165) is 44.7 Å². The highest BCUT2D eigenvalue weighted by Gasteiger charge is 2.20. The van der Waals surface area contributed by atoms with Crippen LogP contribution < -0.4 is 0 Å². The fraction of sp³-hybridized carbons (Fsp3) is 0. The summed E-state index contributed by atoms with van der Waals surface area (Å²) in [7, 11) is 0. The van der Waals surface area contributed by atoms with Crippen LogP contribution in [0, 0.1) is 0 Å². The molecule has 0 unspecified atom stereocenters. The number of pyridine rings is 1. The molecule has 0 saturated heterocycles. The number of fused-ring (bicyclic) bond motifs is 3. The lowest BCUT2D eigenvalue weighted by Gasteiger charge is -2.16. The third kappa shape index (κ3) is 6.04. The lowest BCUT2D eigenvalue weighted by atomic mass is 10.0. The van der Waals surface area contributed by atoms with Gasteiger partial charge in [-0.25, -0.2) is 15.0 Å². The maximum Gasteiger partial charge on any atom is 0.164 e. The highest BCUT2D eigenvalue weighted by molar-refractivity contribution is 6.12. The zero-order valence-electron chi connectivity index (χ0n) is 29.8. The first-order valence-electron chi connectivity index (χ1n) is 18.4. The molecule has 7 aromatic carbocycles. The van der Waals surface area contributed by atoms with Crippen LogP contribution in [0.2, 0.25) is 0 Å². The normalized spacial score (nSPS) is 11.3. The molecule has 55 heavy (non-hydrogen) atoms. The molecule has 0 fully saturated rings. The second-order valence-electron chi connectivity index (χ2n) is 13.5. The van der Waals surface area contributed by atoms with Gasteiger partial charge in [0.2, 0.25) is 0 Å². The van der Waals surface area contributed by atoms with Crippen molar-refractivity contribution in [3.63, 3.8) is 0 Å². The summed E-state index contributed by atoms with van der Waals surface area (Å²) < 4.78 is 2.37. The lowest BCUT2D eigenvalue weighted by Crippen LogP contribution is -2.02. The van der Waals surface area contributed by atoms with Crippen molar-refractivity contribution in [3.05, 3.63) is 200 Å². The molecule has 5 nitrogen and oxygen atoms in total. The molecule has 0 aliphatic heterocycles. The Morgan fingerprint density at radius 3 is 1.24 bits per heavy atom. The van der Waals surface area contributed by atoms with Crippen molar-refractivity contribution in [1.82, 2.24) is 24.5 Å². The van der Waals surface area contributed by atoms with Crippen molar-refractivity contribution in [3.8, 4) is 73.4 Å². The van der Waals surface area contributed by atoms with E-state index in [2.05, 4.69) is 126 Å². The molecule has 0 N–H and O–H groups in total. The van der Waals surface area contributed by atoms with Crippen molar-refractivity contribution >= 4 is 21.8 Å². The van der Waals surface area contributed by atoms with Gasteiger partial charge in [0.25, 0.3) is 0 Å². The fourth-order valence-corrected chi connectivity index (χ4v) is 7.44. The number of aromatic nitrogens is 5. The van der Waals surface area contributed by atoms with E-state index in [1.807, 2.05) is 79.0 Å². The van der Waals surface area contributed by atoms with E-state index in [1.54, 1.807) is 0 Å². The van der Waals surface area contributed by atoms with Gasteiger partial charge in [0.05, 0.1) is 22.4 Å². The number of nitrogens with zero attached hydrogens (tertiary/aromatic N) is 5. The Kier molecular flexibility index (Phi) is 8.08. The molecule has 0 bridgehead atoms. The van der Waals surface area contributed by atoms with Crippen molar-refractivity contribution in [2.75, 3.05) is 0 Å². The van der Waals surface area contributed by atoms with Crippen LogP contribution in [-0.2, 0) is 0 Å². The first kappa shape index (κ1) is 32.2. The average molecular weight is 704 g/mol. The van der Waals surface area contributed by atoms with Crippen molar-refractivity contribution in [1.29, 1.82) is 0 Å². The van der Waals surface area contributed by atoms with Crippen molar-refractivity contribution < 1.29 is 0 Å². The molecule has 10 rings (SSSR count). The van der Waals surface area contributed by atoms with Crippen LogP contribution in [0.25, 0.3) is 95.2 Å². The van der Waals surface area contributed by atoms with E-state index in [-0.39, 0.29) is 0 Å². The highest BCUT2D eigenvalue weighted by Crippen LogP contribution is 2.40. The SMILES string of the molecule is c1ccc(-c2ccc3c(c2)c2cc(-c4ccccc4)ccc2n3-c2cc(-c3nc(-c4ccccc4)nc(-c4ccccc4)n3)ccc2-c2ccccn2)cc1. The third-order valence-corrected chi connectivity index (χ3v) is 10.1. The number of rotatable bonds is 7. The third-order valence-electron chi connectivity index (χ3n) is 10.1. The second-order valence-corrected chi connectivity index (χ2v) is 13.5. The van der Waals surface area contributed by atoms with E-state index in [9.17, 15) is 0 Å². The standard InChI is InChI=1S/C50H33N5/c1-5-15-34(16-6-1)38-25-28-45-42(31-38)43-32-39(35-17-7-2-8-18-35)26-29-46(43)55(45)47-33-40(24-27-41(47)44-23-13-14-30-51-44)50-53-48(36-19-9-3-10-20-36)52-49(54-50)37-21-11-4-12-22-37/h1-33H. The second kappa shape index (κ2) is 13.8. The van der Waals surface area contributed by atoms with Gasteiger partial charge in [-0.15, -0.1) is 0 Å². The van der Waals surface area contributed by atoms with Gasteiger partial charge in [0.15, 0.2) is 17.5 Å². The average Bonchev–Trinajstić information content (AvgIpc) is 3.60. The van der Waals surface area contributed by atoms with Crippen LogP contribution in [0.15, 0.2) is 200 Å². The zero-order chi connectivity index (χ0) is 36.6. The zero-order valence-corrected chi connectivity index (χ0v) is 29.8. The summed E-state index contributed by atoms with van der Waals surface area (Å²) in [5.41, 5.74) is 12.5.